The predicted octanol–water partition coefficient (Wildman–Crippen LogP) is 3.82. The normalized spacial score (nSPS) is 14.5. The first-order valence-electron chi connectivity index (χ1n) is 6.05. The highest BCUT2D eigenvalue weighted by molar-refractivity contribution is 6.28. The number of benzene rings is 1. The molecule has 19 heavy (non-hydrogen) atoms. The molecule has 3 nitrogen and oxygen atoms in total. The van der Waals surface area contributed by atoms with Gasteiger partial charge in [0.15, 0.2) is 0 Å². The Morgan fingerprint density at radius 1 is 1.32 bits per heavy atom. The Balaban J connectivity index is 2.11. The molecule has 0 amide bonds. The molecule has 0 atom stereocenters. The van der Waals surface area contributed by atoms with Crippen molar-refractivity contribution in [2.24, 2.45) is 0 Å². The van der Waals surface area contributed by atoms with E-state index in [1.54, 1.807) is 18.3 Å². The molecular weight excluding hydrogens is 267 g/mol. The van der Waals surface area contributed by atoms with Crippen LogP contribution in [0.5, 0.6) is 5.75 Å². The summed E-state index contributed by atoms with van der Waals surface area (Å²) >= 11 is 5.83. The van der Waals surface area contributed by atoms with Crippen molar-refractivity contribution in [3.63, 3.8) is 0 Å². The highest BCUT2D eigenvalue weighted by Crippen LogP contribution is 2.44. The zero-order valence-electron chi connectivity index (χ0n) is 10.4. The van der Waals surface area contributed by atoms with Crippen molar-refractivity contribution in [3.05, 3.63) is 41.2 Å². The van der Waals surface area contributed by atoms with E-state index in [4.69, 9.17) is 16.3 Å². The van der Waals surface area contributed by atoms with E-state index < -0.39 is 0 Å². The molecule has 0 bridgehead atoms. The van der Waals surface area contributed by atoms with Crippen molar-refractivity contribution in [2.45, 2.75) is 18.8 Å². The van der Waals surface area contributed by atoms with Gasteiger partial charge in [-0.2, -0.15) is 0 Å². The maximum atomic E-state index is 14.1. The summed E-state index contributed by atoms with van der Waals surface area (Å²) in [5.74, 6) is 0.522. The first kappa shape index (κ1) is 12.4. The third-order valence-corrected chi connectivity index (χ3v) is 3.40. The fourth-order valence-electron chi connectivity index (χ4n) is 2.09. The SMILES string of the molecule is COc1ccc(-c2cnc(Cl)nc2C2CC2)c(F)c1. The van der Waals surface area contributed by atoms with E-state index >= 15 is 0 Å². The Morgan fingerprint density at radius 3 is 2.74 bits per heavy atom. The number of aromatic nitrogens is 2. The molecule has 0 aliphatic heterocycles. The summed E-state index contributed by atoms with van der Waals surface area (Å²) in [6.45, 7) is 0. The third-order valence-electron chi connectivity index (χ3n) is 3.22. The van der Waals surface area contributed by atoms with Gasteiger partial charge < -0.3 is 4.74 Å². The lowest BCUT2D eigenvalue weighted by atomic mass is 10.0. The van der Waals surface area contributed by atoms with Gasteiger partial charge in [0.1, 0.15) is 11.6 Å². The van der Waals surface area contributed by atoms with Gasteiger partial charge in [-0.1, -0.05) is 0 Å². The summed E-state index contributed by atoms with van der Waals surface area (Å²) in [5.41, 5.74) is 2.04. The van der Waals surface area contributed by atoms with Crippen molar-refractivity contribution >= 4 is 11.6 Å². The van der Waals surface area contributed by atoms with Gasteiger partial charge in [0.2, 0.25) is 5.28 Å². The molecular formula is C14H12ClFN2O. The van der Waals surface area contributed by atoms with Gasteiger partial charge in [-0.05, 0) is 36.6 Å². The molecule has 0 radical (unpaired) electrons. The van der Waals surface area contributed by atoms with E-state index in [-0.39, 0.29) is 11.1 Å². The zero-order chi connectivity index (χ0) is 13.4. The second-order valence-corrected chi connectivity index (χ2v) is 4.90. The van der Waals surface area contributed by atoms with Gasteiger partial charge in [0.25, 0.3) is 0 Å². The standard InChI is InChI=1S/C14H12ClFN2O/c1-19-9-4-5-10(12(16)6-9)11-7-17-14(15)18-13(11)8-2-3-8/h4-8H,2-3H2,1H3. The molecule has 1 aliphatic rings. The van der Waals surface area contributed by atoms with E-state index in [1.807, 2.05) is 0 Å². The molecule has 1 aromatic heterocycles. The average molecular weight is 279 g/mol. The smallest absolute Gasteiger partial charge is 0.222 e. The van der Waals surface area contributed by atoms with Crippen LogP contribution in [0.1, 0.15) is 24.5 Å². The van der Waals surface area contributed by atoms with E-state index in [0.717, 1.165) is 18.5 Å². The van der Waals surface area contributed by atoms with Crippen molar-refractivity contribution in [1.82, 2.24) is 9.97 Å². The lowest BCUT2D eigenvalue weighted by molar-refractivity contribution is 0.411. The molecule has 1 saturated carbocycles. The lowest BCUT2D eigenvalue weighted by Crippen LogP contribution is -1.97. The van der Waals surface area contributed by atoms with Crippen molar-refractivity contribution in [1.29, 1.82) is 0 Å². The van der Waals surface area contributed by atoms with Crippen molar-refractivity contribution in [3.8, 4) is 16.9 Å². The fraction of sp³-hybridized carbons (Fsp3) is 0.286. The lowest BCUT2D eigenvalue weighted by Gasteiger charge is -2.10. The predicted molar refractivity (Wildman–Crippen MR) is 71.0 cm³/mol. The topological polar surface area (TPSA) is 35.0 Å². The number of halogens is 2. The summed E-state index contributed by atoms with van der Waals surface area (Å²) in [6, 6.07) is 4.77. The molecule has 3 rings (SSSR count). The molecule has 98 valence electrons. The molecule has 5 heteroatoms. The summed E-state index contributed by atoms with van der Waals surface area (Å²) < 4.78 is 19.1. The van der Waals surface area contributed by atoms with Crippen LogP contribution in [0, 0.1) is 5.82 Å². The Hall–Kier alpha value is -1.68. The van der Waals surface area contributed by atoms with Crippen LogP contribution in [0.3, 0.4) is 0 Å². The Kier molecular flexibility index (Phi) is 3.11. The van der Waals surface area contributed by atoms with Crippen LogP contribution >= 0.6 is 11.6 Å². The van der Waals surface area contributed by atoms with Crippen LogP contribution in [0.2, 0.25) is 5.28 Å². The first-order valence-corrected chi connectivity index (χ1v) is 6.43. The van der Waals surface area contributed by atoms with Crippen LogP contribution < -0.4 is 4.74 Å². The number of hydrogen-bond donors (Lipinski definition) is 0. The first-order chi connectivity index (χ1) is 9.19. The molecule has 1 heterocycles. The Labute approximate surface area is 115 Å². The molecule has 1 aliphatic carbocycles. The third kappa shape index (κ3) is 2.40. The Morgan fingerprint density at radius 2 is 2.11 bits per heavy atom. The van der Waals surface area contributed by atoms with Crippen molar-refractivity contribution < 1.29 is 9.13 Å². The van der Waals surface area contributed by atoms with Gasteiger partial charge in [-0.25, -0.2) is 14.4 Å². The summed E-state index contributed by atoms with van der Waals surface area (Å²) in [4.78, 5) is 8.22. The van der Waals surface area contributed by atoms with Crippen LogP contribution in [0.15, 0.2) is 24.4 Å². The fourth-order valence-corrected chi connectivity index (χ4v) is 2.23. The van der Waals surface area contributed by atoms with E-state index in [1.165, 1.54) is 13.2 Å². The molecule has 1 fully saturated rings. The minimum absolute atomic E-state index is 0.208. The maximum Gasteiger partial charge on any atom is 0.222 e. The largest absolute Gasteiger partial charge is 0.497 e. The molecule has 1 aromatic carbocycles. The second-order valence-electron chi connectivity index (χ2n) is 4.56. The molecule has 0 N–H and O–H groups in total. The van der Waals surface area contributed by atoms with Gasteiger partial charge in [0.05, 0.1) is 12.8 Å². The number of ether oxygens (including phenoxy) is 1. The quantitative estimate of drug-likeness (QED) is 0.801. The van der Waals surface area contributed by atoms with E-state index in [2.05, 4.69) is 9.97 Å². The number of nitrogens with zero attached hydrogens (tertiary/aromatic N) is 2. The summed E-state index contributed by atoms with van der Waals surface area (Å²) in [7, 11) is 1.51. The van der Waals surface area contributed by atoms with E-state index in [9.17, 15) is 4.39 Å². The summed E-state index contributed by atoms with van der Waals surface area (Å²) in [6.07, 6.45) is 3.73. The molecule has 0 saturated heterocycles. The van der Waals surface area contributed by atoms with Crippen LogP contribution in [0.4, 0.5) is 4.39 Å². The monoisotopic (exact) mass is 278 g/mol. The second kappa shape index (κ2) is 4.78. The minimum atomic E-state index is -0.341. The molecule has 0 spiro atoms. The highest BCUT2D eigenvalue weighted by atomic mass is 35.5. The average Bonchev–Trinajstić information content (AvgIpc) is 3.23. The molecule has 2 aromatic rings. The Bertz CT molecular complexity index is 629. The van der Waals surface area contributed by atoms with Gasteiger partial charge >= 0.3 is 0 Å². The van der Waals surface area contributed by atoms with Crippen LogP contribution in [0.25, 0.3) is 11.1 Å². The van der Waals surface area contributed by atoms with Crippen LogP contribution in [-0.2, 0) is 0 Å². The van der Waals surface area contributed by atoms with Gasteiger partial charge in [0, 0.05) is 29.3 Å². The number of methoxy groups -OCH3 is 1. The van der Waals surface area contributed by atoms with Crippen LogP contribution in [-0.4, -0.2) is 17.1 Å². The molecule has 0 unspecified atom stereocenters. The number of rotatable bonds is 3. The number of hydrogen-bond acceptors (Lipinski definition) is 3. The van der Waals surface area contributed by atoms with Gasteiger partial charge in [-0.3, -0.25) is 0 Å². The minimum Gasteiger partial charge on any atom is -0.497 e. The van der Waals surface area contributed by atoms with Gasteiger partial charge in [-0.15, -0.1) is 0 Å². The maximum absolute atomic E-state index is 14.1. The summed E-state index contributed by atoms with van der Waals surface area (Å²) in [5, 5.41) is 0.208. The van der Waals surface area contributed by atoms with Crippen molar-refractivity contribution in [2.75, 3.05) is 7.11 Å². The highest BCUT2D eigenvalue weighted by Gasteiger charge is 2.29. The zero-order valence-corrected chi connectivity index (χ0v) is 11.1. The van der Waals surface area contributed by atoms with E-state index in [0.29, 0.717) is 22.8 Å².